The highest BCUT2D eigenvalue weighted by molar-refractivity contribution is 7.99. The zero-order valence-electron chi connectivity index (χ0n) is 10.7. The lowest BCUT2D eigenvalue weighted by atomic mass is 10.2. The minimum atomic E-state index is 0.310. The topological polar surface area (TPSA) is 64.7 Å². The largest absolute Gasteiger partial charge is 0.397 e. The molecule has 5 heteroatoms. The van der Waals surface area contributed by atoms with E-state index in [0.717, 1.165) is 21.6 Å². The fourth-order valence-electron chi connectivity index (χ4n) is 1.46. The summed E-state index contributed by atoms with van der Waals surface area (Å²) < 4.78 is 0. The molecule has 0 aliphatic rings. The molecule has 2 aromatic heterocycles. The highest BCUT2D eigenvalue weighted by Crippen LogP contribution is 2.29. The number of anilines is 1. The first-order valence-electron chi connectivity index (χ1n) is 5.80. The molecule has 0 spiro atoms. The summed E-state index contributed by atoms with van der Waals surface area (Å²) in [6, 6.07) is 5.61. The molecule has 2 rings (SSSR count). The van der Waals surface area contributed by atoms with Gasteiger partial charge < -0.3 is 5.73 Å². The van der Waals surface area contributed by atoms with Crippen molar-refractivity contribution in [1.82, 2.24) is 15.0 Å². The SMILES string of the molecule is Cc1cc(Sc2ncccc2N)nc(C(C)C)n1. The van der Waals surface area contributed by atoms with Gasteiger partial charge >= 0.3 is 0 Å². The van der Waals surface area contributed by atoms with E-state index in [9.17, 15) is 0 Å². The smallest absolute Gasteiger partial charge is 0.132 e. The molecule has 0 aliphatic carbocycles. The van der Waals surface area contributed by atoms with Crippen LogP contribution in [-0.2, 0) is 0 Å². The van der Waals surface area contributed by atoms with Gasteiger partial charge in [0.15, 0.2) is 0 Å². The molecule has 4 nitrogen and oxygen atoms in total. The average molecular weight is 260 g/mol. The summed E-state index contributed by atoms with van der Waals surface area (Å²) in [5, 5.41) is 1.67. The van der Waals surface area contributed by atoms with Crippen LogP contribution in [0.5, 0.6) is 0 Å². The van der Waals surface area contributed by atoms with Gasteiger partial charge in [-0.1, -0.05) is 13.8 Å². The summed E-state index contributed by atoms with van der Waals surface area (Å²) in [6.45, 7) is 6.14. The van der Waals surface area contributed by atoms with Crippen LogP contribution in [0.4, 0.5) is 5.69 Å². The molecule has 0 aromatic carbocycles. The molecule has 0 bridgehead atoms. The minimum Gasteiger partial charge on any atom is -0.397 e. The van der Waals surface area contributed by atoms with Crippen LogP contribution in [0.25, 0.3) is 0 Å². The van der Waals surface area contributed by atoms with Crippen LogP contribution in [0.15, 0.2) is 34.4 Å². The molecule has 0 atom stereocenters. The molecule has 0 amide bonds. The van der Waals surface area contributed by atoms with Gasteiger partial charge in [0.2, 0.25) is 0 Å². The third-order valence-corrected chi connectivity index (χ3v) is 3.32. The highest BCUT2D eigenvalue weighted by atomic mass is 32.2. The molecule has 0 radical (unpaired) electrons. The number of aromatic nitrogens is 3. The van der Waals surface area contributed by atoms with Gasteiger partial charge in [-0.05, 0) is 36.9 Å². The summed E-state index contributed by atoms with van der Waals surface area (Å²) in [7, 11) is 0. The van der Waals surface area contributed by atoms with Crippen LogP contribution in [0.1, 0.15) is 31.3 Å². The normalized spacial score (nSPS) is 10.9. The fraction of sp³-hybridized carbons (Fsp3) is 0.308. The van der Waals surface area contributed by atoms with Gasteiger partial charge in [-0.15, -0.1) is 0 Å². The maximum atomic E-state index is 5.88. The van der Waals surface area contributed by atoms with Crippen molar-refractivity contribution in [3.05, 3.63) is 35.9 Å². The lowest BCUT2D eigenvalue weighted by Crippen LogP contribution is -2.00. The summed E-state index contributed by atoms with van der Waals surface area (Å²) in [5.74, 6) is 1.16. The lowest BCUT2D eigenvalue weighted by molar-refractivity contribution is 0.744. The summed E-state index contributed by atoms with van der Waals surface area (Å²) in [5.41, 5.74) is 7.51. The Kier molecular flexibility index (Phi) is 3.81. The van der Waals surface area contributed by atoms with Gasteiger partial charge in [0.05, 0.1) is 5.69 Å². The Morgan fingerprint density at radius 2 is 2.06 bits per heavy atom. The van der Waals surface area contributed by atoms with Gasteiger partial charge in [0.25, 0.3) is 0 Å². The van der Waals surface area contributed by atoms with E-state index in [1.54, 1.807) is 6.20 Å². The van der Waals surface area contributed by atoms with Crippen molar-refractivity contribution in [2.45, 2.75) is 36.7 Å². The van der Waals surface area contributed by atoms with Gasteiger partial charge in [0, 0.05) is 17.8 Å². The molecule has 2 heterocycles. The van der Waals surface area contributed by atoms with Crippen LogP contribution in [0.2, 0.25) is 0 Å². The Bertz CT molecular complexity index is 554. The fourth-order valence-corrected chi connectivity index (χ4v) is 2.33. The van der Waals surface area contributed by atoms with Gasteiger partial charge in [-0.3, -0.25) is 0 Å². The number of nitrogens with two attached hydrogens (primary N) is 1. The van der Waals surface area contributed by atoms with Crippen molar-refractivity contribution in [2.75, 3.05) is 5.73 Å². The first-order valence-corrected chi connectivity index (χ1v) is 6.62. The van der Waals surface area contributed by atoms with Gasteiger partial charge in [0.1, 0.15) is 15.9 Å². The monoisotopic (exact) mass is 260 g/mol. The Hall–Kier alpha value is -1.62. The predicted molar refractivity (Wildman–Crippen MR) is 73.6 cm³/mol. The number of nitrogens with zero attached hydrogens (tertiary/aromatic N) is 3. The van der Waals surface area contributed by atoms with Crippen LogP contribution in [-0.4, -0.2) is 15.0 Å². The lowest BCUT2D eigenvalue weighted by Gasteiger charge is -2.08. The second-order valence-electron chi connectivity index (χ2n) is 4.36. The number of rotatable bonds is 3. The van der Waals surface area contributed by atoms with Crippen molar-refractivity contribution in [2.24, 2.45) is 0 Å². The highest BCUT2D eigenvalue weighted by Gasteiger charge is 2.09. The average Bonchev–Trinajstić information content (AvgIpc) is 2.31. The molecule has 0 saturated heterocycles. The second-order valence-corrected chi connectivity index (χ2v) is 5.37. The van der Waals surface area contributed by atoms with Gasteiger partial charge in [-0.2, -0.15) is 0 Å². The number of pyridine rings is 1. The number of hydrogen-bond donors (Lipinski definition) is 1. The third kappa shape index (κ3) is 2.98. The van der Waals surface area contributed by atoms with Crippen LogP contribution < -0.4 is 5.73 Å². The molecule has 0 aliphatic heterocycles. The first-order chi connectivity index (χ1) is 8.56. The maximum Gasteiger partial charge on any atom is 0.132 e. The third-order valence-electron chi connectivity index (χ3n) is 2.37. The Morgan fingerprint density at radius 3 is 2.72 bits per heavy atom. The quantitative estimate of drug-likeness (QED) is 0.859. The first kappa shape index (κ1) is 12.8. The maximum absolute atomic E-state index is 5.88. The van der Waals surface area contributed by atoms with E-state index in [0.29, 0.717) is 11.6 Å². The Balaban J connectivity index is 2.32. The second kappa shape index (κ2) is 5.35. The van der Waals surface area contributed by atoms with Crippen LogP contribution >= 0.6 is 11.8 Å². The summed E-state index contributed by atoms with van der Waals surface area (Å²) >= 11 is 1.47. The molecule has 2 N–H and O–H groups in total. The predicted octanol–water partition coefficient (Wildman–Crippen LogP) is 3.04. The number of aryl methyl sites for hydroxylation is 1. The van der Waals surface area contributed by atoms with Crippen LogP contribution in [0, 0.1) is 6.92 Å². The standard InChI is InChI=1S/C13H16N4S/c1-8(2)12-16-9(3)7-11(17-12)18-13-10(14)5-4-6-15-13/h4-8H,14H2,1-3H3. The zero-order valence-corrected chi connectivity index (χ0v) is 11.5. The molecule has 0 fully saturated rings. The molecular weight excluding hydrogens is 244 g/mol. The molecule has 0 saturated carbocycles. The Labute approximate surface area is 111 Å². The molecule has 2 aromatic rings. The molecule has 18 heavy (non-hydrogen) atoms. The van der Waals surface area contributed by atoms with Crippen LogP contribution in [0.3, 0.4) is 0 Å². The van der Waals surface area contributed by atoms with E-state index < -0.39 is 0 Å². The Morgan fingerprint density at radius 1 is 1.28 bits per heavy atom. The molecule has 0 unspecified atom stereocenters. The van der Waals surface area contributed by atoms with E-state index in [4.69, 9.17) is 5.73 Å². The van der Waals surface area contributed by atoms with Crippen molar-refractivity contribution in [1.29, 1.82) is 0 Å². The van der Waals surface area contributed by atoms with E-state index in [2.05, 4.69) is 28.8 Å². The minimum absolute atomic E-state index is 0.310. The summed E-state index contributed by atoms with van der Waals surface area (Å²) in [4.78, 5) is 13.2. The van der Waals surface area contributed by atoms with E-state index in [1.807, 2.05) is 25.1 Å². The summed E-state index contributed by atoms with van der Waals surface area (Å²) in [6.07, 6.45) is 1.73. The number of hydrogen-bond acceptors (Lipinski definition) is 5. The zero-order chi connectivity index (χ0) is 13.1. The number of nitrogen functional groups attached to an aromatic ring is 1. The van der Waals surface area contributed by atoms with Crippen molar-refractivity contribution in [3.63, 3.8) is 0 Å². The van der Waals surface area contributed by atoms with Crippen molar-refractivity contribution in [3.8, 4) is 0 Å². The molecule has 94 valence electrons. The van der Waals surface area contributed by atoms with E-state index in [1.165, 1.54) is 11.8 Å². The molecular formula is C13H16N4S. The van der Waals surface area contributed by atoms with Gasteiger partial charge in [-0.25, -0.2) is 15.0 Å². The van der Waals surface area contributed by atoms with Crippen molar-refractivity contribution >= 4 is 17.4 Å². The van der Waals surface area contributed by atoms with Crippen molar-refractivity contribution < 1.29 is 0 Å². The van der Waals surface area contributed by atoms with E-state index in [-0.39, 0.29) is 0 Å². The van der Waals surface area contributed by atoms with E-state index >= 15 is 0 Å².